The van der Waals surface area contributed by atoms with E-state index in [4.69, 9.17) is 0 Å². The summed E-state index contributed by atoms with van der Waals surface area (Å²) in [6.45, 7) is 9.91. The van der Waals surface area contributed by atoms with Crippen LogP contribution in [0.4, 0.5) is 0 Å². The van der Waals surface area contributed by atoms with Crippen LogP contribution in [0, 0.1) is 0 Å². The molecule has 0 radical (unpaired) electrons. The molecule has 0 aromatic rings. The Bertz CT molecular complexity index is 376. The van der Waals surface area contributed by atoms with Gasteiger partial charge in [0, 0.05) is 0 Å². The van der Waals surface area contributed by atoms with Gasteiger partial charge in [-0.1, -0.05) is 0 Å². The summed E-state index contributed by atoms with van der Waals surface area (Å²) < 4.78 is 5.30. The summed E-state index contributed by atoms with van der Waals surface area (Å²) in [5.41, 5.74) is 0. The molecule has 0 saturated carbocycles. The molecule has 1 saturated heterocycles. The van der Waals surface area contributed by atoms with E-state index in [1.165, 1.54) is 19.5 Å². The zero-order chi connectivity index (χ0) is 12.8. The molecule has 0 N–H and O–H groups in total. The number of rotatable bonds is 2. The molecule has 2 nitrogen and oxygen atoms in total. The molecular formula is C12H26BN2PSi. The Hall–Kier alpha value is 0.112. The first-order valence-electron chi connectivity index (χ1n) is 6.61. The molecular weight excluding hydrogens is 242 g/mol. The van der Waals surface area contributed by atoms with Crippen molar-refractivity contribution in [2.45, 2.75) is 26.1 Å². The van der Waals surface area contributed by atoms with E-state index in [9.17, 15) is 0 Å². The third-order valence-electron chi connectivity index (χ3n) is 4.57. The van der Waals surface area contributed by atoms with Gasteiger partial charge in [-0.05, 0) is 0 Å². The fourth-order valence-corrected chi connectivity index (χ4v) is 10.3. The van der Waals surface area contributed by atoms with E-state index in [1.54, 1.807) is 10.5 Å². The fraction of sp³-hybridized carbons (Fsp3) is 0.667. The van der Waals surface area contributed by atoms with Gasteiger partial charge < -0.3 is 0 Å². The van der Waals surface area contributed by atoms with Crippen LogP contribution in [0.25, 0.3) is 0 Å². The van der Waals surface area contributed by atoms with Gasteiger partial charge in [-0.3, -0.25) is 0 Å². The molecule has 17 heavy (non-hydrogen) atoms. The molecule has 0 bridgehead atoms. The molecule has 0 atom stereocenters. The van der Waals surface area contributed by atoms with Gasteiger partial charge in [0.2, 0.25) is 0 Å². The normalized spacial score (nSPS) is 28.1. The molecule has 0 aromatic heterocycles. The van der Waals surface area contributed by atoms with Gasteiger partial charge in [-0.25, -0.2) is 0 Å². The van der Waals surface area contributed by atoms with Crippen LogP contribution >= 0.6 is 7.44 Å². The second-order valence-electron chi connectivity index (χ2n) is 6.61. The Morgan fingerprint density at radius 3 is 2.18 bits per heavy atom. The van der Waals surface area contributed by atoms with Crippen LogP contribution in [-0.4, -0.2) is 52.2 Å². The van der Waals surface area contributed by atoms with Gasteiger partial charge in [-0.2, -0.15) is 0 Å². The second kappa shape index (κ2) is 4.34. The third-order valence-corrected chi connectivity index (χ3v) is 11.9. The SMILES string of the molecule is B[PH]1(C2=C([Si](C)(C)C)C=CC2)N(C)CCN1C. The van der Waals surface area contributed by atoms with Crippen molar-refractivity contribution in [3.05, 3.63) is 22.7 Å². The number of likely N-dealkylation sites (N-methyl/N-ethyl adjacent to an activating group) is 2. The molecule has 1 aliphatic heterocycles. The molecule has 0 unspecified atom stereocenters. The van der Waals surface area contributed by atoms with Crippen LogP contribution in [0.3, 0.4) is 0 Å². The second-order valence-corrected chi connectivity index (χ2v) is 15.8. The van der Waals surface area contributed by atoms with Crippen molar-refractivity contribution < 1.29 is 0 Å². The molecule has 2 aliphatic rings. The van der Waals surface area contributed by atoms with Crippen molar-refractivity contribution in [3.63, 3.8) is 0 Å². The summed E-state index contributed by atoms with van der Waals surface area (Å²) in [6, 6.07) is 0. The first-order chi connectivity index (χ1) is 7.78. The Labute approximate surface area is 109 Å². The molecule has 1 heterocycles. The summed E-state index contributed by atoms with van der Waals surface area (Å²) in [5, 5.41) is 3.52. The molecule has 1 aliphatic carbocycles. The van der Waals surface area contributed by atoms with E-state index in [2.05, 4.69) is 62.8 Å². The Kier molecular flexibility index (Phi) is 3.46. The van der Waals surface area contributed by atoms with Gasteiger partial charge in [0.05, 0.1) is 0 Å². The number of hydrogen-bond donors (Lipinski definition) is 0. The van der Waals surface area contributed by atoms with Crippen molar-refractivity contribution in [2.75, 3.05) is 27.2 Å². The summed E-state index contributed by atoms with van der Waals surface area (Å²) in [7, 11) is 4.47. The molecule has 2 rings (SSSR count). The molecule has 96 valence electrons. The summed E-state index contributed by atoms with van der Waals surface area (Å²) in [4.78, 5) is 0. The number of hydrogen-bond acceptors (Lipinski definition) is 2. The minimum atomic E-state index is -1.51. The van der Waals surface area contributed by atoms with E-state index in [1.807, 2.05) is 0 Å². The van der Waals surface area contributed by atoms with Crippen LogP contribution in [0.2, 0.25) is 19.6 Å². The molecule has 5 heteroatoms. The van der Waals surface area contributed by atoms with Gasteiger partial charge in [0.25, 0.3) is 0 Å². The van der Waals surface area contributed by atoms with Gasteiger partial charge in [0.15, 0.2) is 0 Å². The van der Waals surface area contributed by atoms with Crippen LogP contribution in [-0.2, 0) is 0 Å². The summed E-state index contributed by atoms with van der Waals surface area (Å²) in [6.07, 6.45) is 6.03. The minimum absolute atomic E-state index is 1.19. The van der Waals surface area contributed by atoms with Gasteiger partial charge in [0.1, 0.15) is 0 Å². The molecule has 0 aromatic carbocycles. The van der Waals surface area contributed by atoms with Crippen molar-refractivity contribution in [1.29, 1.82) is 0 Å². The zero-order valence-electron chi connectivity index (χ0n) is 12.2. The van der Waals surface area contributed by atoms with E-state index in [-0.39, 0.29) is 0 Å². The first-order valence-corrected chi connectivity index (χ1v) is 12.5. The van der Waals surface area contributed by atoms with Crippen molar-refractivity contribution in [3.8, 4) is 0 Å². The van der Waals surface area contributed by atoms with Crippen LogP contribution in [0.15, 0.2) is 22.7 Å². The van der Waals surface area contributed by atoms with Crippen LogP contribution in [0.1, 0.15) is 6.42 Å². The van der Waals surface area contributed by atoms with Crippen LogP contribution < -0.4 is 0 Å². The average molecular weight is 268 g/mol. The van der Waals surface area contributed by atoms with Crippen molar-refractivity contribution >= 4 is 23.1 Å². The Morgan fingerprint density at radius 1 is 1.18 bits per heavy atom. The Morgan fingerprint density at radius 2 is 1.71 bits per heavy atom. The molecule has 0 amide bonds. The molecule has 0 spiro atoms. The maximum absolute atomic E-state index is 2.65. The maximum atomic E-state index is 2.65. The van der Waals surface area contributed by atoms with E-state index in [0.29, 0.717) is 0 Å². The number of nitrogens with zero attached hydrogens (tertiary/aromatic N) is 2. The van der Waals surface area contributed by atoms with Crippen LogP contribution in [0.5, 0.6) is 0 Å². The first kappa shape index (κ1) is 13.5. The van der Waals surface area contributed by atoms with Gasteiger partial charge in [-0.15, -0.1) is 0 Å². The molecule has 1 fully saturated rings. The number of allylic oxidation sites excluding steroid dienone is 4. The summed E-state index contributed by atoms with van der Waals surface area (Å²) in [5.74, 6) is 0. The fourth-order valence-electron chi connectivity index (χ4n) is 3.14. The summed E-state index contributed by atoms with van der Waals surface area (Å²) >= 11 is 0. The van der Waals surface area contributed by atoms with Gasteiger partial charge >= 0.3 is 108 Å². The monoisotopic (exact) mass is 268 g/mol. The zero-order valence-corrected chi connectivity index (χ0v) is 14.2. The predicted octanol–water partition coefficient (Wildman–Crippen LogP) is 2.08. The quantitative estimate of drug-likeness (QED) is 0.559. The Balaban J connectivity index is 2.46. The standard InChI is InChI=1S/C12H26BN2PSi/c1-14-9-10-15(2)16(14,13)11-7-6-8-12(11)17(3,4)5/h6,8,16H,7,9-10,13H2,1-5H3. The predicted molar refractivity (Wildman–Crippen MR) is 86.2 cm³/mol. The third kappa shape index (κ3) is 2.10. The van der Waals surface area contributed by atoms with E-state index in [0.717, 1.165) is 0 Å². The van der Waals surface area contributed by atoms with Crippen molar-refractivity contribution in [2.24, 2.45) is 0 Å². The van der Waals surface area contributed by atoms with E-state index < -0.39 is 15.5 Å². The van der Waals surface area contributed by atoms with E-state index >= 15 is 0 Å². The van der Waals surface area contributed by atoms with Crippen molar-refractivity contribution in [1.82, 2.24) is 9.34 Å². The average Bonchev–Trinajstić information content (AvgIpc) is 2.79. The topological polar surface area (TPSA) is 6.48 Å².